The molecule has 0 saturated heterocycles. The first-order chi connectivity index (χ1) is 27.2. The highest BCUT2D eigenvalue weighted by Gasteiger charge is 2.15. The zero-order chi connectivity index (χ0) is 36.6. The second-order valence-electron chi connectivity index (χ2n) is 13.8. The Morgan fingerprint density at radius 1 is 0.255 bits per heavy atom. The van der Waals surface area contributed by atoms with Gasteiger partial charge in [0.25, 0.3) is 0 Å². The van der Waals surface area contributed by atoms with Gasteiger partial charge in [-0.3, -0.25) is 0 Å². The van der Waals surface area contributed by atoms with E-state index in [0.29, 0.717) is 0 Å². The van der Waals surface area contributed by atoms with Crippen molar-refractivity contribution in [1.29, 1.82) is 0 Å². The van der Waals surface area contributed by atoms with Crippen molar-refractivity contribution in [3.63, 3.8) is 0 Å². The van der Waals surface area contributed by atoms with Crippen molar-refractivity contribution < 1.29 is 8.83 Å². The van der Waals surface area contributed by atoms with E-state index in [-0.39, 0.29) is 0 Å². The van der Waals surface area contributed by atoms with Gasteiger partial charge in [0.05, 0.1) is 0 Å². The third-order valence-electron chi connectivity index (χ3n) is 10.3. The van der Waals surface area contributed by atoms with Crippen LogP contribution < -0.4 is 4.90 Å². The van der Waals surface area contributed by atoms with Crippen LogP contribution in [0.15, 0.2) is 221 Å². The maximum Gasteiger partial charge on any atom is 0.135 e. The van der Waals surface area contributed by atoms with E-state index in [4.69, 9.17) is 8.83 Å². The van der Waals surface area contributed by atoms with Crippen molar-refractivity contribution in [2.75, 3.05) is 4.90 Å². The van der Waals surface area contributed by atoms with Crippen LogP contribution in [0.5, 0.6) is 0 Å². The van der Waals surface area contributed by atoms with Crippen LogP contribution >= 0.6 is 0 Å². The van der Waals surface area contributed by atoms with E-state index in [1.54, 1.807) is 0 Å². The highest BCUT2D eigenvalue weighted by Crippen LogP contribution is 2.39. The molecule has 0 aliphatic carbocycles. The number of anilines is 3. The molecule has 3 heteroatoms. The zero-order valence-electron chi connectivity index (χ0n) is 30.0. The minimum atomic E-state index is 0.877. The lowest BCUT2D eigenvalue weighted by Gasteiger charge is -2.26. The standard InChI is InChI=1S/C52H35NO2/c1-4-10-36(11-5-1)37-20-26-46(27-21-37)53(47-28-22-38(23-29-47)42-16-18-44-34-49(54-51(44)32-42)40-12-6-2-7-13-40)48-30-24-39(25-31-48)43-17-19-45-35-50(55-52(45)33-43)41-14-8-3-9-15-41/h1-35H. The molecule has 55 heavy (non-hydrogen) atoms. The molecular weight excluding hydrogens is 671 g/mol. The molecule has 2 heterocycles. The molecule has 0 bridgehead atoms. The molecule has 2 aromatic heterocycles. The lowest BCUT2D eigenvalue weighted by atomic mass is 10.0. The van der Waals surface area contributed by atoms with Gasteiger partial charge in [0, 0.05) is 39.0 Å². The quantitative estimate of drug-likeness (QED) is 0.158. The number of rotatable bonds is 8. The van der Waals surface area contributed by atoms with Gasteiger partial charge >= 0.3 is 0 Å². The minimum absolute atomic E-state index is 0.877. The minimum Gasteiger partial charge on any atom is -0.456 e. The molecule has 0 unspecified atom stereocenters. The summed E-state index contributed by atoms with van der Waals surface area (Å²) in [4.78, 5) is 2.31. The Balaban J connectivity index is 0.978. The summed E-state index contributed by atoms with van der Waals surface area (Å²) < 4.78 is 12.6. The van der Waals surface area contributed by atoms with Crippen LogP contribution in [0, 0.1) is 0 Å². The molecule has 0 spiro atoms. The highest BCUT2D eigenvalue weighted by atomic mass is 16.3. The number of nitrogens with zero attached hydrogens (tertiary/aromatic N) is 1. The summed E-state index contributed by atoms with van der Waals surface area (Å²) in [5.41, 5.74) is 14.0. The molecule has 260 valence electrons. The Labute approximate surface area is 320 Å². The highest BCUT2D eigenvalue weighted by molar-refractivity contribution is 5.89. The van der Waals surface area contributed by atoms with E-state index in [1.165, 1.54) is 11.1 Å². The molecule has 8 aromatic carbocycles. The number of hydrogen-bond acceptors (Lipinski definition) is 3. The first-order valence-electron chi connectivity index (χ1n) is 18.6. The largest absolute Gasteiger partial charge is 0.456 e. The average Bonchev–Trinajstić information content (AvgIpc) is 3.90. The molecule has 10 aromatic rings. The fraction of sp³-hybridized carbons (Fsp3) is 0. The predicted molar refractivity (Wildman–Crippen MR) is 228 cm³/mol. The van der Waals surface area contributed by atoms with E-state index in [0.717, 1.165) is 83.9 Å². The van der Waals surface area contributed by atoms with Gasteiger partial charge in [-0.15, -0.1) is 0 Å². The third kappa shape index (κ3) is 6.39. The van der Waals surface area contributed by atoms with Gasteiger partial charge in [-0.1, -0.05) is 152 Å². The number of fused-ring (bicyclic) bond motifs is 2. The predicted octanol–water partition coefficient (Wildman–Crippen LogP) is 15.0. The molecule has 0 atom stereocenters. The van der Waals surface area contributed by atoms with E-state index in [2.05, 4.69) is 181 Å². The molecular formula is C52H35NO2. The van der Waals surface area contributed by atoms with E-state index in [1.807, 2.05) is 36.4 Å². The Morgan fingerprint density at radius 3 is 0.945 bits per heavy atom. The number of benzene rings is 8. The van der Waals surface area contributed by atoms with Crippen molar-refractivity contribution in [3.8, 4) is 56.0 Å². The number of hydrogen-bond donors (Lipinski definition) is 0. The first-order valence-corrected chi connectivity index (χ1v) is 18.6. The monoisotopic (exact) mass is 705 g/mol. The molecule has 0 aliphatic heterocycles. The van der Waals surface area contributed by atoms with Gasteiger partial charge in [-0.25, -0.2) is 0 Å². The summed E-state index contributed by atoms with van der Waals surface area (Å²) in [6, 6.07) is 74.5. The molecule has 3 nitrogen and oxygen atoms in total. The van der Waals surface area contributed by atoms with Crippen LogP contribution in [0.4, 0.5) is 17.1 Å². The summed E-state index contributed by atoms with van der Waals surface area (Å²) in [5, 5.41) is 2.18. The van der Waals surface area contributed by atoms with Crippen molar-refractivity contribution in [3.05, 3.63) is 212 Å². The van der Waals surface area contributed by atoms with Gasteiger partial charge in [0.1, 0.15) is 22.7 Å². The first kappa shape index (κ1) is 32.3. The van der Waals surface area contributed by atoms with Crippen molar-refractivity contribution in [1.82, 2.24) is 0 Å². The van der Waals surface area contributed by atoms with Crippen LogP contribution in [0.25, 0.3) is 78.0 Å². The Hall–Kier alpha value is -7.36. The maximum absolute atomic E-state index is 6.30. The fourth-order valence-corrected chi connectivity index (χ4v) is 7.40. The third-order valence-corrected chi connectivity index (χ3v) is 10.3. The van der Waals surface area contributed by atoms with Gasteiger partial charge in [0.2, 0.25) is 0 Å². The lowest BCUT2D eigenvalue weighted by molar-refractivity contribution is 0.631. The van der Waals surface area contributed by atoms with Crippen molar-refractivity contribution in [2.45, 2.75) is 0 Å². The molecule has 0 N–H and O–H groups in total. The van der Waals surface area contributed by atoms with Gasteiger partial charge in [-0.2, -0.15) is 0 Å². The molecule has 0 aliphatic rings. The maximum atomic E-state index is 6.30. The van der Waals surface area contributed by atoms with E-state index in [9.17, 15) is 0 Å². The summed E-state index contributed by atoms with van der Waals surface area (Å²) in [6.45, 7) is 0. The van der Waals surface area contributed by atoms with E-state index >= 15 is 0 Å². The topological polar surface area (TPSA) is 29.5 Å². The summed E-state index contributed by atoms with van der Waals surface area (Å²) in [7, 11) is 0. The summed E-state index contributed by atoms with van der Waals surface area (Å²) in [6.07, 6.45) is 0. The van der Waals surface area contributed by atoms with Crippen LogP contribution in [-0.2, 0) is 0 Å². The molecule has 0 fully saturated rings. The van der Waals surface area contributed by atoms with Crippen LogP contribution in [0.1, 0.15) is 0 Å². The van der Waals surface area contributed by atoms with Crippen molar-refractivity contribution >= 4 is 39.0 Å². The summed E-state index contributed by atoms with van der Waals surface area (Å²) >= 11 is 0. The smallest absolute Gasteiger partial charge is 0.135 e. The van der Waals surface area contributed by atoms with Gasteiger partial charge in [0.15, 0.2) is 0 Å². The van der Waals surface area contributed by atoms with Crippen LogP contribution in [-0.4, -0.2) is 0 Å². The Kier molecular flexibility index (Phi) is 8.16. The van der Waals surface area contributed by atoms with E-state index < -0.39 is 0 Å². The zero-order valence-corrected chi connectivity index (χ0v) is 30.0. The van der Waals surface area contributed by atoms with Crippen LogP contribution in [0.3, 0.4) is 0 Å². The second kappa shape index (κ2) is 13.9. The SMILES string of the molecule is c1ccc(-c2ccc(N(c3ccc(-c4ccc5cc(-c6ccccc6)oc5c4)cc3)c3ccc(-c4ccc5cc(-c6ccccc6)oc5c4)cc3)cc2)cc1. The van der Waals surface area contributed by atoms with Crippen LogP contribution in [0.2, 0.25) is 0 Å². The summed E-state index contributed by atoms with van der Waals surface area (Å²) in [5.74, 6) is 1.75. The normalized spacial score (nSPS) is 11.3. The van der Waals surface area contributed by atoms with Crippen molar-refractivity contribution in [2.24, 2.45) is 0 Å². The van der Waals surface area contributed by atoms with Gasteiger partial charge in [-0.05, 0) is 94.0 Å². The Bertz CT molecular complexity index is 2710. The van der Waals surface area contributed by atoms with Gasteiger partial charge < -0.3 is 13.7 Å². The number of furan rings is 2. The second-order valence-corrected chi connectivity index (χ2v) is 13.8. The molecule has 0 saturated carbocycles. The lowest BCUT2D eigenvalue weighted by Crippen LogP contribution is -2.09. The molecule has 0 amide bonds. The molecule has 10 rings (SSSR count). The Morgan fingerprint density at radius 2 is 0.564 bits per heavy atom. The average molecular weight is 706 g/mol. The molecule has 0 radical (unpaired) electrons. The fourth-order valence-electron chi connectivity index (χ4n) is 7.40.